The standard InChI is InChI=1S/C17H13F4N5O/c18-12(19)14-26-25-13(27-14)10-6-22-15(23-7-10)24-16(8-17(20,21)9-16)11-4-2-1-3-5-11/h1-7,12H,8-9H2,(H,22,23,24). The summed E-state index contributed by atoms with van der Waals surface area (Å²) in [7, 11) is 0. The molecule has 0 bridgehead atoms. The van der Waals surface area contributed by atoms with E-state index < -0.39 is 23.8 Å². The number of halogens is 4. The van der Waals surface area contributed by atoms with E-state index in [0.717, 1.165) is 0 Å². The maximum atomic E-state index is 13.6. The summed E-state index contributed by atoms with van der Waals surface area (Å²) in [5.74, 6) is -3.58. The summed E-state index contributed by atoms with van der Waals surface area (Å²) in [5, 5.41) is 9.72. The molecule has 27 heavy (non-hydrogen) atoms. The van der Waals surface area contributed by atoms with Crippen LogP contribution in [-0.2, 0) is 5.54 Å². The van der Waals surface area contributed by atoms with E-state index in [4.69, 9.17) is 4.42 Å². The van der Waals surface area contributed by atoms with Crippen LogP contribution in [0, 0.1) is 0 Å². The van der Waals surface area contributed by atoms with Gasteiger partial charge in [0.25, 0.3) is 17.7 Å². The van der Waals surface area contributed by atoms with Crippen LogP contribution >= 0.6 is 0 Å². The fourth-order valence-electron chi connectivity index (χ4n) is 3.11. The van der Waals surface area contributed by atoms with Crippen LogP contribution < -0.4 is 5.32 Å². The average Bonchev–Trinajstić information content (AvgIpc) is 3.12. The van der Waals surface area contributed by atoms with Crippen LogP contribution in [0.25, 0.3) is 11.5 Å². The summed E-state index contributed by atoms with van der Waals surface area (Å²) in [6.45, 7) is 0. The Kier molecular flexibility index (Phi) is 4.05. The van der Waals surface area contributed by atoms with Crippen molar-refractivity contribution in [3.05, 3.63) is 54.2 Å². The molecule has 4 rings (SSSR count). The number of rotatable bonds is 5. The van der Waals surface area contributed by atoms with Gasteiger partial charge >= 0.3 is 6.43 Å². The first-order valence-electron chi connectivity index (χ1n) is 8.02. The van der Waals surface area contributed by atoms with Gasteiger partial charge in [0.05, 0.1) is 11.1 Å². The number of aromatic nitrogens is 4. The van der Waals surface area contributed by atoms with E-state index in [9.17, 15) is 17.6 Å². The van der Waals surface area contributed by atoms with Crippen molar-refractivity contribution in [3.8, 4) is 11.5 Å². The molecule has 1 aliphatic rings. The normalized spacial score (nSPS) is 17.5. The second kappa shape index (κ2) is 6.29. The van der Waals surface area contributed by atoms with Crippen LogP contribution in [0.4, 0.5) is 23.5 Å². The summed E-state index contributed by atoms with van der Waals surface area (Å²) < 4.78 is 57.1. The Bertz CT molecular complexity index is 922. The Morgan fingerprint density at radius 1 is 1.00 bits per heavy atom. The van der Waals surface area contributed by atoms with Crippen LogP contribution in [0.5, 0.6) is 0 Å². The lowest BCUT2D eigenvalue weighted by Crippen LogP contribution is -2.54. The van der Waals surface area contributed by atoms with Crippen molar-refractivity contribution in [3.63, 3.8) is 0 Å². The molecular formula is C17H13F4N5O. The molecule has 1 N–H and O–H groups in total. The number of hydrogen-bond donors (Lipinski definition) is 1. The van der Waals surface area contributed by atoms with E-state index in [1.807, 2.05) is 0 Å². The lowest BCUT2D eigenvalue weighted by atomic mass is 9.69. The topological polar surface area (TPSA) is 76.7 Å². The fourth-order valence-corrected chi connectivity index (χ4v) is 3.11. The van der Waals surface area contributed by atoms with Gasteiger partial charge < -0.3 is 9.73 Å². The first kappa shape index (κ1) is 17.4. The van der Waals surface area contributed by atoms with E-state index in [0.29, 0.717) is 5.56 Å². The molecule has 0 atom stereocenters. The molecule has 140 valence electrons. The third kappa shape index (κ3) is 3.34. The number of alkyl halides is 4. The number of nitrogens with zero attached hydrogens (tertiary/aromatic N) is 4. The molecular weight excluding hydrogens is 366 g/mol. The minimum Gasteiger partial charge on any atom is -0.415 e. The Hall–Kier alpha value is -3.04. The van der Waals surface area contributed by atoms with Gasteiger partial charge in [-0.25, -0.2) is 18.7 Å². The van der Waals surface area contributed by atoms with Crippen molar-refractivity contribution in [1.82, 2.24) is 20.2 Å². The maximum absolute atomic E-state index is 13.6. The Labute approximate surface area is 150 Å². The summed E-state index contributed by atoms with van der Waals surface area (Å²) in [6.07, 6.45) is -1.03. The number of nitrogens with one attached hydrogen (secondary N) is 1. The molecule has 2 aromatic heterocycles. The molecule has 1 fully saturated rings. The van der Waals surface area contributed by atoms with Crippen LogP contribution in [0.15, 0.2) is 47.1 Å². The molecule has 2 heterocycles. The highest BCUT2D eigenvalue weighted by Crippen LogP contribution is 2.53. The second-order valence-corrected chi connectivity index (χ2v) is 6.32. The van der Waals surface area contributed by atoms with Gasteiger partial charge in [-0.05, 0) is 5.56 Å². The van der Waals surface area contributed by atoms with Gasteiger partial charge in [0.15, 0.2) is 0 Å². The van der Waals surface area contributed by atoms with E-state index in [-0.39, 0.29) is 30.2 Å². The minimum atomic E-state index is -2.88. The minimum absolute atomic E-state index is 0.131. The molecule has 6 nitrogen and oxygen atoms in total. The second-order valence-electron chi connectivity index (χ2n) is 6.32. The zero-order valence-corrected chi connectivity index (χ0v) is 13.7. The molecule has 0 radical (unpaired) electrons. The van der Waals surface area contributed by atoms with Gasteiger partial charge in [-0.1, -0.05) is 30.3 Å². The fraction of sp³-hybridized carbons (Fsp3) is 0.294. The molecule has 0 aliphatic heterocycles. The smallest absolute Gasteiger partial charge is 0.314 e. The van der Waals surface area contributed by atoms with Crippen LogP contribution in [0.3, 0.4) is 0 Å². The summed E-state index contributed by atoms with van der Waals surface area (Å²) in [6, 6.07) is 8.88. The van der Waals surface area contributed by atoms with Gasteiger partial charge in [-0.2, -0.15) is 8.78 Å². The molecule has 0 saturated heterocycles. The predicted octanol–water partition coefficient (Wildman–Crippen LogP) is 4.20. The van der Waals surface area contributed by atoms with Crippen molar-refractivity contribution >= 4 is 5.95 Å². The highest BCUT2D eigenvalue weighted by Gasteiger charge is 2.57. The largest absolute Gasteiger partial charge is 0.415 e. The van der Waals surface area contributed by atoms with Crippen LogP contribution in [-0.4, -0.2) is 26.1 Å². The van der Waals surface area contributed by atoms with Gasteiger partial charge in [0.2, 0.25) is 5.95 Å². The first-order chi connectivity index (χ1) is 12.9. The van der Waals surface area contributed by atoms with Gasteiger partial charge in [0, 0.05) is 25.2 Å². The lowest BCUT2D eigenvalue weighted by molar-refractivity contribution is -0.117. The third-order valence-corrected chi connectivity index (χ3v) is 4.32. The van der Waals surface area contributed by atoms with Gasteiger partial charge in [0.1, 0.15) is 0 Å². The van der Waals surface area contributed by atoms with E-state index in [1.54, 1.807) is 30.3 Å². The number of benzene rings is 1. The highest BCUT2D eigenvalue weighted by molar-refractivity contribution is 5.51. The summed E-state index contributed by atoms with van der Waals surface area (Å²) in [4.78, 5) is 8.13. The van der Waals surface area contributed by atoms with Gasteiger partial charge in [-0.15, -0.1) is 10.2 Å². The monoisotopic (exact) mass is 379 g/mol. The highest BCUT2D eigenvalue weighted by atomic mass is 19.3. The molecule has 1 saturated carbocycles. The van der Waals surface area contributed by atoms with Crippen molar-refractivity contribution in [2.45, 2.75) is 30.7 Å². The Morgan fingerprint density at radius 3 is 2.22 bits per heavy atom. The van der Waals surface area contributed by atoms with Crippen molar-refractivity contribution in [2.75, 3.05) is 5.32 Å². The van der Waals surface area contributed by atoms with Crippen molar-refractivity contribution in [2.24, 2.45) is 0 Å². The first-order valence-corrected chi connectivity index (χ1v) is 8.02. The lowest BCUT2D eigenvalue weighted by Gasteiger charge is -2.48. The predicted molar refractivity (Wildman–Crippen MR) is 86.2 cm³/mol. The Balaban J connectivity index is 1.56. The van der Waals surface area contributed by atoms with Gasteiger partial charge in [-0.3, -0.25) is 0 Å². The summed E-state index contributed by atoms with van der Waals surface area (Å²) in [5.41, 5.74) is -0.0192. The number of anilines is 1. The molecule has 10 heteroatoms. The van der Waals surface area contributed by atoms with Crippen LogP contribution in [0.1, 0.15) is 30.7 Å². The zero-order valence-electron chi connectivity index (χ0n) is 13.7. The molecule has 0 amide bonds. The molecule has 3 aromatic rings. The molecule has 0 unspecified atom stereocenters. The zero-order chi connectivity index (χ0) is 19.1. The average molecular weight is 379 g/mol. The molecule has 1 aliphatic carbocycles. The quantitative estimate of drug-likeness (QED) is 0.670. The SMILES string of the molecule is FC(F)c1nnc(-c2cnc(NC3(c4ccccc4)CC(F)(F)C3)nc2)o1. The van der Waals surface area contributed by atoms with Crippen molar-refractivity contribution in [1.29, 1.82) is 0 Å². The third-order valence-electron chi connectivity index (χ3n) is 4.32. The van der Waals surface area contributed by atoms with E-state index in [2.05, 4.69) is 25.5 Å². The molecule has 1 aromatic carbocycles. The van der Waals surface area contributed by atoms with E-state index in [1.165, 1.54) is 12.4 Å². The molecule has 0 spiro atoms. The summed E-state index contributed by atoms with van der Waals surface area (Å²) >= 11 is 0. The maximum Gasteiger partial charge on any atom is 0.314 e. The Morgan fingerprint density at radius 2 is 1.67 bits per heavy atom. The van der Waals surface area contributed by atoms with Crippen molar-refractivity contribution < 1.29 is 22.0 Å². The number of hydrogen-bond acceptors (Lipinski definition) is 6. The van der Waals surface area contributed by atoms with Crippen LogP contribution in [0.2, 0.25) is 0 Å². The van der Waals surface area contributed by atoms with E-state index >= 15 is 0 Å².